The van der Waals surface area contributed by atoms with Crippen molar-refractivity contribution < 1.29 is 9.84 Å². The number of methoxy groups -OCH3 is 1. The van der Waals surface area contributed by atoms with Crippen LogP contribution in [0.1, 0.15) is 19.4 Å². The zero-order valence-electron chi connectivity index (χ0n) is 8.28. The summed E-state index contributed by atoms with van der Waals surface area (Å²) in [6, 6.07) is 1.95. The van der Waals surface area contributed by atoms with Gasteiger partial charge in [0, 0.05) is 7.11 Å². The van der Waals surface area contributed by atoms with Gasteiger partial charge in [0.15, 0.2) is 0 Å². The van der Waals surface area contributed by atoms with Crippen LogP contribution in [0.25, 0.3) is 0 Å². The molecule has 0 saturated carbocycles. The Hall–Kier alpha value is -0.380. The minimum Gasteiger partial charge on any atom is -0.382 e. The summed E-state index contributed by atoms with van der Waals surface area (Å²) < 4.78 is 5.05. The molecule has 0 aromatic carbocycles. The minimum absolute atomic E-state index is 0.155. The van der Waals surface area contributed by atoms with Crippen molar-refractivity contribution in [1.29, 1.82) is 0 Å². The molecule has 13 heavy (non-hydrogen) atoms. The zero-order valence-corrected chi connectivity index (χ0v) is 9.10. The Morgan fingerprint density at radius 1 is 1.62 bits per heavy atom. The van der Waals surface area contributed by atoms with Gasteiger partial charge in [0.25, 0.3) is 0 Å². The number of rotatable bonds is 4. The number of thiophene rings is 1. The average molecular weight is 200 g/mol. The predicted molar refractivity (Wildman–Crippen MR) is 54.9 cm³/mol. The van der Waals surface area contributed by atoms with Crippen molar-refractivity contribution in [2.75, 3.05) is 13.7 Å². The highest BCUT2D eigenvalue weighted by Crippen LogP contribution is 2.31. The largest absolute Gasteiger partial charge is 0.382 e. The summed E-state index contributed by atoms with van der Waals surface area (Å²) >= 11 is 1.59. The van der Waals surface area contributed by atoms with E-state index in [1.54, 1.807) is 18.4 Å². The van der Waals surface area contributed by atoms with Crippen LogP contribution in [0.5, 0.6) is 0 Å². The molecule has 1 N–H and O–H groups in total. The van der Waals surface area contributed by atoms with Gasteiger partial charge in [0.1, 0.15) is 5.60 Å². The summed E-state index contributed by atoms with van der Waals surface area (Å²) in [5.41, 5.74) is 0.115. The summed E-state index contributed by atoms with van der Waals surface area (Å²) in [4.78, 5) is 0. The molecule has 0 fully saturated rings. The van der Waals surface area contributed by atoms with Crippen molar-refractivity contribution in [2.45, 2.75) is 19.4 Å². The lowest BCUT2D eigenvalue weighted by atomic mass is 9.86. The van der Waals surface area contributed by atoms with Gasteiger partial charge in [-0.1, -0.05) is 13.8 Å². The van der Waals surface area contributed by atoms with Crippen LogP contribution in [-0.4, -0.2) is 18.8 Å². The molecule has 3 heteroatoms. The van der Waals surface area contributed by atoms with E-state index in [2.05, 4.69) is 0 Å². The fourth-order valence-corrected chi connectivity index (χ4v) is 2.05. The third kappa shape index (κ3) is 2.10. The van der Waals surface area contributed by atoms with E-state index in [4.69, 9.17) is 4.74 Å². The minimum atomic E-state index is -0.839. The molecule has 1 aromatic heterocycles. The Morgan fingerprint density at radius 3 is 2.69 bits per heavy atom. The maximum absolute atomic E-state index is 10.3. The first kappa shape index (κ1) is 10.7. The van der Waals surface area contributed by atoms with E-state index in [0.29, 0.717) is 6.61 Å². The molecule has 0 aliphatic heterocycles. The monoisotopic (exact) mass is 200 g/mol. The molecule has 0 saturated heterocycles. The van der Waals surface area contributed by atoms with Crippen LogP contribution in [0.15, 0.2) is 16.8 Å². The lowest BCUT2D eigenvalue weighted by Gasteiger charge is -2.30. The van der Waals surface area contributed by atoms with E-state index in [-0.39, 0.29) is 5.92 Å². The molecule has 0 amide bonds. The molecule has 1 heterocycles. The van der Waals surface area contributed by atoms with Gasteiger partial charge in [-0.25, -0.2) is 0 Å². The Kier molecular flexibility index (Phi) is 3.47. The van der Waals surface area contributed by atoms with E-state index in [9.17, 15) is 5.11 Å². The number of hydrogen-bond acceptors (Lipinski definition) is 3. The first-order chi connectivity index (χ1) is 6.11. The van der Waals surface area contributed by atoms with Crippen LogP contribution < -0.4 is 0 Å². The van der Waals surface area contributed by atoms with Crippen LogP contribution in [0.4, 0.5) is 0 Å². The average Bonchev–Trinajstić information content (AvgIpc) is 2.56. The van der Waals surface area contributed by atoms with Gasteiger partial charge < -0.3 is 9.84 Å². The third-order valence-corrected chi connectivity index (χ3v) is 3.02. The lowest BCUT2D eigenvalue weighted by molar-refractivity contribution is -0.0697. The third-order valence-electron chi connectivity index (χ3n) is 2.34. The molecule has 0 aliphatic rings. The molecule has 2 nitrogen and oxygen atoms in total. The Balaban J connectivity index is 2.91. The van der Waals surface area contributed by atoms with Gasteiger partial charge >= 0.3 is 0 Å². The van der Waals surface area contributed by atoms with Gasteiger partial charge in [0.05, 0.1) is 6.61 Å². The lowest BCUT2D eigenvalue weighted by Crippen LogP contribution is -2.36. The van der Waals surface area contributed by atoms with Crippen LogP contribution in [0.2, 0.25) is 0 Å². The molecule has 1 rings (SSSR count). The Morgan fingerprint density at radius 2 is 2.31 bits per heavy atom. The van der Waals surface area contributed by atoms with Crippen molar-refractivity contribution in [3.8, 4) is 0 Å². The summed E-state index contributed by atoms with van der Waals surface area (Å²) in [5.74, 6) is 0.155. The van der Waals surface area contributed by atoms with Crippen molar-refractivity contribution in [3.63, 3.8) is 0 Å². The van der Waals surface area contributed by atoms with Gasteiger partial charge in [-0.05, 0) is 28.3 Å². The molecular weight excluding hydrogens is 184 g/mol. The van der Waals surface area contributed by atoms with Crippen LogP contribution in [0.3, 0.4) is 0 Å². The van der Waals surface area contributed by atoms with Crippen molar-refractivity contribution in [3.05, 3.63) is 22.4 Å². The first-order valence-electron chi connectivity index (χ1n) is 4.35. The fraction of sp³-hybridized carbons (Fsp3) is 0.600. The summed E-state index contributed by atoms with van der Waals surface area (Å²) in [5, 5.41) is 14.3. The molecule has 0 aliphatic carbocycles. The SMILES string of the molecule is COCC(O)(c1ccsc1)C(C)C. The second-order valence-corrected chi connectivity index (χ2v) is 4.30. The Labute approximate surface area is 83.2 Å². The van der Waals surface area contributed by atoms with Gasteiger partial charge in [-0.2, -0.15) is 11.3 Å². The van der Waals surface area contributed by atoms with E-state index < -0.39 is 5.60 Å². The highest BCUT2D eigenvalue weighted by atomic mass is 32.1. The van der Waals surface area contributed by atoms with Gasteiger partial charge in [-0.3, -0.25) is 0 Å². The van der Waals surface area contributed by atoms with Gasteiger partial charge in [0.2, 0.25) is 0 Å². The molecule has 0 spiro atoms. The van der Waals surface area contributed by atoms with Gasteiger partial charge in [-0.15, -0.1) is 0 Å². The summed E-state index contributed by atoms with van der Waals surface area (Å²) in [6.07, 6.45) is 0. The molecule has 0 bridgehead atoms. The predicted octanol–water partition coefficient (Wildman–Crippen LogP) is 2.24. The number of ether oxygens (including phenoxy) is 1. The number of hydrogen-bond donors (Lipinski definition) is 1. The maximum Gasteiger partial charge on any atom is 0.116 e. The molecule has 1 atom stereocenters. The highest BCUT2D eigenvalue weighted by molar-refractivity contribution is 7.08. The molecule has 1 aromatic rings. The highest BCUT2D eigenvalue weighted by Gasteiger charge is 2.33. The van der Waals surface area contributed by atoms with E-state index in [1.165, 1.54) is 0 Å². The first-order valence-corrected chi connectivity index (χ1v) is 5.29. The fourth-order valence-electron chi connectivity index (χ4n) is 1.31. The second kappa shape index (κ2) is 4.22. The molecule has 1 unspecified atom stereocenters. The number of aliphatic hydroxyl groups is 1. The quantitative estimate of drug-likeness (QED) is 0.807. The molecular formula is C10H16O2S. The summed E-state index contributed by atoms with van der Waals surface area (Å²) in [7, 11) is 1.61. The van der Waals surface area contributed by atoms with Crippen molar-refractivity contribution in [1.82, 2.24) is 0 Å². The molecule has 0 radical (unpaired) electrons. The van der Waals surface area contributed by atoms with E-state index in [0.717, 1.165) is 5.56 Å². The topological polar surface area (TPSA) is 29.5 Å². The van der Waals surface area contributed by atoms with Crippen LogP contribution >= 0.6 is 11.3 Å². The van der Waals surface area contributed by atoms with Crippen LogP contribution in [-0.2, 0) is 10.3 Å². The zero-order chi connectivity index (χ0) is 9.90. The second-order valence-electron chi connectivity index (χ2n) is 3.52. The smallest absolute Gasteiger partial charge is 0.116 e. The Bertz CT molecular complexity index is 243. The van der Waals surface area contributed by atoms with Crippen molar-refractivity contribution in [2.24, 2.45) is 5.92 Å². The standard InChI is InChI=1S/C10H16O2S/c1-8(2)10(11,7-12-3)9-4-5-13-6-9/h4-6,8,11H,7H2,1-3H3. The maximum atomic E-state index is 10.3. The normalized spacial score (nSPS) is 16.1. The molecule has 74 valence electrons. The van der Waals surface area contributed by atoms with E-state index >= 15 is 0 Å². The summed E-state index contributed by atoms with van der Waals surface area (Å²) in [6.45, 7) is 4.34. The van der Waals surface area contributed by atoms with Crippen LogP contribution in [0, 0.1) is 5.92 Å². The van der Waals surface area contributed by atoms with Crippen molar-refractivity contribution >= 4 is 11.3 Å². The van der Waals surface area contributed by atoms with E-state index in [1.807, 2.05) is 30.7 Å².